The molecule has 18 heavy (non-hydrogen) atoms. The minimum absolute atomic E-state index is 0.188. The van der Waals surface area contributed by atoms with Crippen LogP contribution in [0.1, 0.15) is 23.7 Å². The molecular formula is C12H14BrN3O2. The molecule has 0 atom stereocenters. The van der Waals surface area contributed by atoms with Crippen molar-refractivity contribution in [1.29, 1.82) is 0 Å². The average Bonchev–Trinajstić information content (AvgIpc) is 2.36. The van der Waals surface area contributed by atoms with Crippen molar-refractivity contribution in [2.24, 2.45) is 5.10 Å². The SMILES string of the molecule is CC=NNC(=O)CCNC(=O)c1ccccc1Br. The van der Waals surface area contributed by atoms with E-state index in [1.54, 1.807) is 25.1 Å². The van der Waals surface area contributed by atoms with E-state index >= 15 is 0 Å². The number of hydrogen-bond donors (Lipinski definition) is 2. The summed E-state index contributed by atoms with van der Waals surface area (Å²) in [4.78, 5) is 23.0. The summed E-state index contributed by atoms with van der Waals surface area (Å²) in [5.41, 5.74) is 2.87. The summed E-state index contributed by atoms with van der Waals surface area (Å²) < 4.78 is 0.725. The summed E-state index contributed by atoms with van der Waals surface area (Å²) in [6, 6.07) is 7.11. The van der Waals surface area contributed by atoms with Gasteiger partial charge in [-0.3, -0.25) is 9.59 Å². The summed E-state index contributed by atoms with van der Waals surface area (Å²) in [5.74, 6) is -0.449. The van der Waals surface area contributed by atoms with E-state index in [1.807, 2.05) is 6.07 Å². The van der Waals surface area contributed by atoms with Crippen LogP contribution >= 0.6 is 15.9 Å². The first-order valence-corrected chi connectivity index (χ1v) is 6.23. The van der Waals surface area contributed by atoms with Gasteiger partial charge in [-0.1, -0.05) is 12.1 Å². The Kier molecular flexibility index (Phi) is 6.07. The Morgan fingerprint density at radius 3 is 2.78 bits per heavy atom. The predicted molar refractivity (Wildman–Crippen MR) is 73.4 cm³/mol. The molecule has 0 bridgehead atoms. The molecule has 1 aromatic rings. The van der Waals surface area contributed by atoms with Crippen molar-refractivity contribution in [2.75, 3.05) is 6.54 Å². The van der Waals surface area contributed by atoms with Crippen LogP contribution in [-0.4, -0.2) is 24.6 Å². The number of hydrazone groups is 1. The maximum Gasteiger partial charge on any atom is 0.252 e. The van der Waals surface area contributed by atoms with Crippen molar-refractivity contribution in [3.05, 3.63) is 34.3 Å². The van der Waals surface area contributed by atoms with Crippen LogP contribution in [0.25, 0.3) is 0 Å². The molecule has 1 aromatic carbocycles. The number of carbonyl (C=O) groups is 2. The van der Waals surface area contributed by atoms with Crippen molar-refractivity contribution in [1.82, 2.24) is 10.7 Å². The molecule has 0 fully saturated rings. The van der Waals surface area contributed by atoms with Gasteiger partial charge in [0.1, 0.15) is 0 Å². The Morgan fingerprint density at radius 1 is 1.39 bits per heavy atom. The van der Waals surface area contributed by atoms with Gasteiger partial charge in [0.25, 0.3) is 5.91 Å². The summed E-state index contributed by atoms with van der Waals surface area (Å²) in [5, 5.41) is 6.26. The van der Waals surface area contributed by atoms with Gasteiger partial charge < -0.3 is 5.32 Å². The van der Waals surface area contributed by atoms with Crippen molar-refractivity contribution >= 4 is 34.0 Å². The van der Waals surface area contributed by atoms with Crippen molar-refractivity contribution in [3.8, 4) is 0 Å². The highest BCUT2D eigenvalue weighted by Crippen LogP contribution is 2.15. The molecule has 0 aliphatic rings. The third-order valence-electron chi connectivity index (χ3n) is 2.07. The Labute approximate surface area is 114 Å². The van der Waals surface area contributed by atoms with Gasteiger partial charge in [0.05, 0.1) is 5.56 Å². The zero-order valence-electron chi connectivity index (χ0n) is 9.94. The Morgan fingerprint density at radius 2 is 2.11 bits per heavy atom. The standard InChI is InChI=1S/C12H14BrN3O2/c1-2-15-16-11(17)7-8-14-12(18)9-5-3-4-6-10(9)13/h2-6H,7-8H2,1H3,(H,14,18)(H,16,17). The average molecular weight is 312 g/mol. The summed E-state index contributed by atoms with van der Waals surface area (Å²) >= 11 is 3.29. The van der Waals surface area contributed by atoms with Crippen molar-refractivity contribution in [2.45, 2.75) is 13.3 Å². The van der Waals surface area contributed by atoms with Crippen LogP contribution in [0.15, 0.2) is 33.8 Å². The number of rotatable bonds is 5. The maximum atomic E-state index is 11.8. The predicted octanol–water partition coefficient (Wildman–Crippen LogP) is 1.69. The van der Waals surface area contributed by atoms with Crippen molar-refractivity contribution < 1.29 is 9.59 Å². The zero-order chi connectivity index (χ0) is 13.4. The molecule has 0 saturated heterocycles. The van der Waals surface area contributed by atoms with Gasteiger partial charge in [0.2, 0.25) is 5.91 Å². The maximum absolute atomic E-state index is 11.8. The first-order chi connectivity index (χ1) is 8.65. The Hall–Kier alpha value is -1.69. The quantitative estimate of drug-likeness (QED) is 0.641. The fourth-order valence-corrected chi connectivity index (χ4v) is 1.69. The lowest BCUT2D eigenvalue weighted by atomic mass is 10.2. The molecule has 0 radical (unpaired) electrons. The van der Waals surface area contributed by atoms with Gasteiger partial charge in [0.15, 0.2) is 0 Å². The molecule has 96 valence electrons. The molecule has 0 aliphatic heterocycles. The Bertz CT molecular complexity index is 460. The molecule has 0 spiro atoms. The smallest absolute Gasteiger partial charge is 0.252 e. The van der Waals surface area contributed by atoms with Crippen LogP contribution in [0.3, 0.4) is 0 Å². The van der Waals surface area contributed by atoms with Crippen molar-refractivity contribution in [3.63, 3.8) is 0 Å². The summed E-state index contributed by atoms with van der Waals surface area (Å²) in [6.45, 7) is 1.97. The molecule has 1 rings (SSSR count). The number of benzene rings is 1. The highest BCUT2D eigenvalue weighted by atomic mass is 79.9. The monoisotopic (exact) mass is 311 g/mol. The Balaban J connectivity index is 2.38. The highest BCUT2D eigenvalue weighted by molar-refractivity contribution is 9.10. The van der Waals surface area contributed by atoms with Gasteiger partial charge >= 0.3 is 0 Å². The van der Waals surface area contributed by atoms with E-state index in [0.29, 0.717) is 5.56 Å². The number of hydrogen-bond acceptors (Lipinski definition) is 3. The van der Waals surface area contributed by atoms with E-state index in [1.165, 1.54) is 6.21 Å². The second-order valence-electron chi connectivity index (χ2n) is 3.41. The normalized spacial score (nSPS) is 10.3. The first kappa shape index (κ1) is 14.4. The number of nitrogens with zero attached hydrogens (tertiary/aromatic N) is 1. The van der Waals surface area contributed by atoms with E-state index in [9.17, 15) is 9.59 Å². The number of nitrogens with one attached hydrogen (secondary N) is 2. The molecule has 0 aromatic heterocycles. The van der Waals surface area contributed by atoms with Gasteiger partial charge in [-0.25, -0.2) is 5.43 Å². The lowest BCUT2D eigenvalue weighted by Crippen LogP contribution is -2.29. The minimum atomic E-state index is -0.236. The molecule has 0 saturated carbocycles. The van der Waals surface area contributed by atoms with Crippen LogP contribution in [-0.2, 0) is 4.79 Å². The van der Waals surface area contributed by atoms with Gasteiger partial charge in [-0.05, 0) is 35.0 Å². The van der Waals surface area contributed by atoms with E-state index in [4.69, 9.17) is 0 Å². The van der Waals surface area contributed by atoms with E-state index in [-0.39, 0.29) is 24.8 Å². The number of amides is 2. The fraction of sp³-hybridized carbons (Fsp3) is 0.250. The number of carbonyl (C=O) groups excluding carboxylic acids is 2. The third-order valence-corrected chi connectivity index (χ3v) is 2.77. The van der Waals surface area contributed by atoms with Crippen LogP contribution in [0, 0.1) is 0 Å². The summed E-state index contributed by atoms with van der Waals surface area (Å²) in [7, 11) is 0. The molecule has 2 amide bonds. The number of halogens is 1. The molecule has 6 heteroatoms. The molecular weight excluding hydrogens is 298 g/mol. The fourth-order valence-electron chi connectivity index (χ4n) is 1.22. The largest absolute Gasteiger partial charge is 0.351 e. The molecule has 2 N–H and O–H groups in total. The highest BCUT2D eigenvalue weighted by Gasteiger charge is 2.08. The van der Waals surface area contributed by atoms with Gasteiger partial charge in [-0.2, -0.15) is 5.10 Å². The topological polar surface area (TPSA) is 70.6 Å². The van der Waals surface area contributed by atoms with Gasteiger partial charge in [0, 0.05) is 23.7 Å². The second kappa shape index (κ2) is 7.60. The second-order valence-corrected chi connectivity index (χ2v) is 4.26. The molecule has 0 aliphatic carbocycles. The lowest BCUT2D eigenvalue weighted by molar-refractivity contribution is -0.120. The van der Waals surface area contributed by atoms with E-state index in [2.05, 4.69) is 31.8 Å². The summed E-state index contributed by atoms with van der Waals surface area (Å²) in [6.07, 6.45) is 1.67. The molecule has 5 nitrogen and oxygen atoms in total. The first-order valence-electron chi connectivity index (χ1n) is 5.44. The molecule has 0 unspecified atom stereocenters. The third kappa shape index (κ3) is 4.67. The molecule has 0 heterocycles. The van der Waals surface area contributed by atoms with E-state index in [0.717, 1.165) is 4.47 Å². The van der Waals surface area contributed by atoms with Crippen LogP contribution in [0.2, 0.25) is 0 Å². The van der Waals surface area contributed by atoms with Crippen LogP contribution in [0.5, 0.6) is 0 Å². The van der Waals surface area contributed by atoms with Gasteiger partial charge in [-0.15, -0.1) is 0 Å². The van der Waals surface area contributed by atoms with Crippen LogP contribution in [0.4, 0.5) is 0 Å². The minimum Gasteiger partial charge on any atom is -0.351 e. The van der Waals surface area contributed by atoms with E-state index < -0.39 is 0 Å². The van der Waals surface area contributed by atoms with Crippen LogP contribution < -0.4 is 10.7 Å². The zero-order valence-corrected chi connectivity index (χ0v) is 11.5. The lowest BCUT2D eigenvalue weighted by Gasteiger charge is -2.06.